The second-order valence-electron chi connectivity index (χ2n) is 12.8. The highest BCUT2D eigenvalue weighted by atomic mass is 28.4. The number of hydrogen-bond donors (Lipinski definition) is 2. The minimum Gasteiger partial charge on any atom is -0.487 e. The highest BCUT2D eigenvalue weighted by Gasteiger charge is 2.45. The van der Waals surface area contributed by atoms with Crippen molar-refractivity contribution in [1.82, 2.24) is 15.1 Å². The molecule has 2 aliphatic rings. The molecule has 1 atom stereocenters. The number of aromatic nitrogens is 2. The van der Waals surface area contributed by atoms with E-state index < -0.39 is 14.4 Å². The molecule has 1 amide bonds. The van der Waals surface area contributed by atoms with E-state index in [0.29, 0.717) is 19.6 Å². The third-order valence-corrected chi connectivity index (χ3v) is 13.2. The first-order valence-corrected chi connectivity index (χ1v) is 17.4. The van der Waals surface area contributed by atoms with Crippen LogP contribution in [0.4, 0.5) is 4.79 Å². The Hall–Kier alpha value is -2.88. The van der Waals surface area contributed by atoms with Crippen molar-refractivity contribution in [2.75, 3.05) is 13.2 Å². The van der Waals surface area contributed by atoms with Crippen LogP contribution >= 0.6 is 0 Å². The lowest BCUT2D eigenvalue weighted by Crippen LogP contribution is -2.40. The first kappa shape index (κ1) is 28.6. The average Bonchev–Trinajstić information content (AvgIpc) is 3.56. The Labute approximate surface area is 238 Å². The maximum Gasteiger partial charge on any atom is 0.404 e. The van der Waals surface area contributed by atoms with Crippen LogP contribution in [0.5, 0.6) is 5.75 Å². The molecule has 1 saturated carbocycles. The molecular weight excluding hydrogens is 522 g/mol. The van der Waals surface area contributed by atoms with Gasteiger partial charge in [-0.05, 0) is 80.1 Å². The van der Waals surface area contributed by atoms with Gasteiger partial charge in [0, 0.05) is 30.5 Å². The SMILES string of the molecule is CC(C)(C)[Si](C)(C)OCc1cccc(-c2nn(C3CCCCO3)c3ccc(OC4(CCNC(=O)O)CC4)cc23)c1. The van der Waals surface area contributed by atoms with Gasteiger partial charge in [-0.15, -0.1) is 0 Å². The standard InChI is InChI=1S/C31H43N3O5Si/c1-30(2,3)40(4,5)38-21-22-9-8-10-23(19-22)28-25-20-24(39-31(14-15-31)16-17-32-29(35)36)12-13-26(25)34(33-28)27-11-6-7-18-37-27/h8-10,12-13,19-20,27,32H,6-7,11,14-18,21H2,1-5H3,(H,35,36). The van der Waals surface area contributed by atoms with E-state index in [1.165, 1.54) is 0 Å². The molecule has 1 unspecified atom stereocenters. The van der Waals surface area contributed by atoms with Gasteiger partial charge in [-0.25, -0.2) is 9.48 Å². The maximum absolute atomic E-state index is 10.9. The summed E-state index contributed by atoms with van der Waals surface area (Å²) in [6.07, 6.45) is 4.54. The molecule has 5 rings (SSSR count). The van der Waals surface area contributed by atoms with Crippen LogP contribution in [0.2, 0.25) is 18.1 Å². The van der Waals surface area contributed by atoms with Gasteiger partial charge in [-0.2, -0.15) is 5.10 Å². The molecule has 2 fully saturated rings. The van der Waals surface area contributed by atoms with Crippen molar-refractivity contribution < 1.29 is 23.8 Å². The van der Waals surface area contributed by atoms with Crippen molar-refractivity contribution in [3.8, 4) is 17.0 Å². The Morgan fingerprint density at radius 3 is 2.67 bits per heavy atom. The molecule has 8 nitrogen and oxygen atoms in total. The molecular formula is C31H43N3O5Si. The van der Waals surface area contributed by atoms with Crippen LogP contribution in [0.15, 0.2) is 42.5 Å². The van der Waals surface area contributed by atoms with E-state index in [1.807, 2.05) is 10.7 Å². The number of rotatable bonds is 10. The minimum absolute atomic E-state index is 0.0845. The molecule has 2 aromatic carbocycles. The Kier molecular flexibility index (Phi) is 8.00. The van der Waals surface area contributed by atoms with Gasteiger partial charge >= 0.3 is 6.09 Å². The number of nitrogens with zero attached hydrogens (tertiary/aromatic N) is 2. The summed E-state index contributed by atoms with van der Waals surface area (Å²) in [4.78, 5) is 10.9. The van der Waals surface area contributed by atoms with E-state index in [1.54, 1.807) is 0 Å². The monoisotopic (exact) mass is 565 g/mol. The largest absolute Gasteiger partial charge is 0.487 e. The first-order chi connectivity index (χ1) is 19.0. The fourth-order valence-electron chi connectivity index (χ4n) is 5.01. The van der Waals surface area contributed by atoms with E-state index >= 15 is 0 Å². The van der Waals surface area contributed by atoms with Crippen molar-refractivity contribution in [3.63, 3.8) is 0 Å². The van der Waals surface area contributed by atoms with Crippen LogP contribution in [0.25, 0.3) is 22.2 Å². The lowest BCUT2D eigenvalue weighted by molar-refractivity contribution is -0.0365. The molecule has 2 N–H and O–H groups in total. The number of nitrogens with one attached hydrogen (secondary N) is 1. The second kappa shape index (κ2) is 11.2. The Bertz CT molecular complexity index is 1350. The predicted octanol–water partition coefficient (Wildman–Crippen LogP) is 7.49. The third-order valence-electron chi connectivity index (χ3n) is 8.71. The van der Waals surface area contributed by atoms with Crippen LogP contribution in [0.3, 0.4) is 0 Å². The number of fused-ring (bicyclic) bond motifs is 1. The van der Waals surface area contributed by atoms with Gasteiger partial charge < -0.3 is 24.3 Å². The molecule has 9 heteroatoms. The molecule has 0 spiro atoms. The highest BCUT2D eigenvalue weighted by Crippen LogP contribution is 2.44. The van der Waals surface area contributed by atoms with Crippen LogP contribution in [-0.4, -0.2) is 48.1 Å². The molecule has 1 aliphatic carbocycles. The number of ether oxygens (including phenoxy) is 2. The lowest BCUT2D eigenvalue weighted by atomic mass is 10.0. The van der Waals surface area contributed by atoms with Gasteiger partial charge in [0.1, 0.15) is 17.0 Å². The van der Waals surface area contributed by atoms with Crippen molar-refractivity contribution >= 4 is 25.3 Å². The quantitative estimate of drug-likeness (QED) is 0.247. The van der Waals surface area contributed by atoms with Gasteiger partial charge in [-0.1, -0.05) is 39.0 Å². The summed E-state index contributed by atoms with van der Waals surface area (Å²) >= 11 is 0. The summed E-state index contributed by atoms with van der Waals surface area (Å²) in [6, 6.07) is 14.7. The average molecular weight is 566 g/mol. The predicted molar refractivity (Wildman–Crippen MR) is 159 cm³/mol. The van der Waals surface area contributed by atoms with E-state index in [4.69, 9.17) is 24.1 Å². The summed E-state index contributed by atoms with van der Waals surface area (Å²) in [5.41, 5.74) is 3.80. The molecule has 1 saturated heterocycles. The van der Waals surface area contributed by atoms with Crippen LogP contribution in [-0.2, 0) is 15.8 Å². The number of benzene rings is 2. The van der Waals surface area contributed by atoms with Crippen LogP contribution in [0, 0.1) is 0 Å². The molecule has 216 valence electrons. The summed E-state index contributed by atoms with van der Waals surface area (Å²) in [5.74, 6) is 0.781. The van der Waals surface area contributed by atoms with Gasteiger partial charge in [0.05, 0.1) is 12.1 Å². The topological polar surface area (TPSA) is 94.8 Å². The van der Waals surface area contributed by atoms with Gasteiger partial charge in [-0.3, -0.25) is 0 Å². The summed E-state index contributed by atoms with van der Waals surface area (Å²) < 4.78 is 21.2. The zero-order chi connectivity index (χ0) is 28.5. The number of carboxylic acid groups (broad SMARTS) is 1. The number of carbonyl (C=O) groups is 1. The summed E-state index contributed by atoms with van der Waals surface area (Å²) in [6.45, 7) is 13.0. The fraction of sp³-hybridized carbons (Fsp3) is 0.548. The maximum atomic E-state index is 10.9. The van der Waals surface area contributed by atoms with Crippen molar-refractivity contribution in [1.29, 1.82) is 0 Å². The second-order valence-corrected chi connectivity index (χ2v) is 17.6. The number of amides is 1. The van der Waals surface area contributed by atoms with Crippen molar-refractivity contribution in [3.05, 3.63) is 48.0 Å². The Balaban J connectivity index is 1.46. The molecule has 3 aromatic rings. The normalized spacial score (nSPS) is 19.0. The smallest absolute Gasteiger partial charge is 0.404 e. The Morgan fingerprint density at radius 2 is 2.00 bits per heavy atom. The fourth-order valence-corrected chi connectivity index (χ4v) is 5.97. The third kappa shape index (κ3) is 6.37. The van der Waals surface area contributed by atoms with Gasteiger partial charge in [0.2, 0.25) is 0 Å². The molecule has 2 heterocycles. The molecule has 40 heavy (non-hydrogen) atoms. The summed E-state index contributed by atoms with van der Waals surface area (Å²) in [7, 11) is -1.88. The van der Waals surface area contributed by atoms with E-state index in [9.17, 15) is 4.79 Å². The number of hydrogen-bond acceptors (Lipinski definition) is 5. The molecule has 0 bridgehead atoms. The zero-order valence-corrected chi connectivity index (χ0v) is 25.5. The van der Waals surface area contributed by atoms with Crippen molar-refractivity contribution in [2.24, 2.45) is 0 Å². The van der Waals surface area contributed by atoms with Crippen LogP contribution < -0.4 is 10.1 Å². The lowest BCUT2D eigenvalue weighted by Gasteiger charge is -2.36. The molecule has 0 radical (unpaired) electrons. The Morgan fingerprint density at radius 1 is 1.20 bits per heavy atom. The van der Waals surface area contributed by atoms with E-state index in [-0.39, 0.29) is 16.9 Å². The summed E-state index contributed by atoms with van der Waals surface area (Å²) in [5, 5.41) is 17.7. The van der Waals surface area contributed by atoms with E-state index in [0.717, 1.165) is 72.2 Å². The van der Waals surface area contributed by atoms with Crippen molar-refractivity contribution in [2.45, 2.75) is 95.9 Å². The molecule has 1 aromatic heterocycles. The minimum atomic E-state index is -1.88. The zero-order valence-electron chi connectivity index (χ0n) is 24.5. The first-order valence-electron chi connectivity index (χ1n) is 14.5. The molecule has 1 aliphatic heterocycles. The highest BCUT2D eigenvalue weighted by molar-refractivity contribution is 6.74. The van der Waals surface area contributed by atoms with Gasteiger partial charge in [0.15, 0.2) is 14.5 Å². The van der Waals surface area contributed by atoms with E-state index in [2.05, 4.69) is 75.6 Å². The van der Waals surface area contributed by atoms with Crippen LogP contribution in [0.1, 0.15) is 71.1 Å². The van der Waals surface area contributed by atoms with Gasteiger partial charge in [0.25, 0.3) is 0 Å².